The minimum Gasteiger partial charge on any atom is -0.272 e. The Kier molecular flexibility index (Phi) is 6.14. The number of amides is 2. The van der Waals surface area contributed by atoms with E-state index >= 15 is 0 Å². The maximum atomic E-state index is 13.3. The van der Waals surface area contributed by atoms with Crippen LogP contribution in [0.15, 0.2) is 65.4 Å². The molecule has 8 nitrogen and oxygen atoms in total. The van der Waals surface area contributed by atoms with E-state index in [0.717, 1.165) is 33.1 Å². The van der Waals surface area contributed by atoms with E-state index in [1.165, 1.54) is 23.5 Å². The summed E-state index contributed by atoms with van der Waals surface area (Å²) in [5.41, 5.74) is 7.41. The third-order valence-corrected chi connectivity index (χ3v) is 6.94. The minimum atomic E-state index is -0.458. The Hall–Kier alpha value is -3.54. The fourth-order valence-electron chi connectivity index (χ4n) is 3.23. The monoisotopic (exact) mass is 512 g/mol. The van der Waals surface area contributed by atoms with Crippen LogP contribution in [0.25, 0.3) is 27.0 Å². The SMILES string of the molecule is O=C(CSc1nnc2c3c(-c4ccc(F)cc4)csc3ncn12)NNC(=O)c1ccc(Cl)cc1. The van der Waals surface area contributed by atoms with E-state index in [2.05, 4.69) is 26.0 Å². The van der Waals surface area contributed by atoms with Crippen LogP contribution in [-0.2, 0) is 4.79 Å². The van der Waals surface area contributed by atoms with E-state index in [1.54, 1.807) is 47.1 Å². The molecule has 5 aromatic rings. The molecule has 0 aliphatic heterocycles. The number of hydrazine groups is 1. The summed E-state index contributed by atoms with van der Waals surface area (Å²) in [5, 5.41) is 12.2. The fraction of sp³-hybridized carbons (Fsp3) is 0.0455. The molecule has 0 spiro atoms. The summed E-state index contributed by atoms with van der Waals surface area (Å²) in [6, 6.07) is 12.5. The number of hydrogen-bond donors (Lipinski definition) is 2. The molecule has 5 rings (SSSR count). The second-order valence-electron chi connectivity index (χ2n) is 7.06. The number of aromatic nitrogens is 4. The molecule has 0 aliphatic rings. The number of thiophene rings is 1. The van der Waals surface area contributed by atoms with Gasteiger partial charge in [0.1, 0.15) is 17.0 Å². The quantitative estimate of drug-likeness (QED) is 0.268. The van der Waals surface area contributed by atoms with Gasteiger partial charge < -0.3 is 0 Å². The van der Waals surface area contributed by atoms with E-state index in [9.17, 15) is 14.0 Å². The van der Waals surface area contributed by atoms with Crippen molar-refractivity contribution >= 4 is 62.4 Å². The van der Waals surface area contributed by atoms with Gasteiger partial charge in [0.25, 0.3) is 5.91 Å². The Morgan fingerprint density at radius 2 is 1.82 bits per heavy atom. The molecule has 2 N–H and O–H groups in total. The van der Waals surface area contributed by atoms with Crippen molar-refractivity contribution in [1.29, 1.82) is 0 Å². The lowest BCUT2D eigenvalue weighted by molar-refractivity contribution is -0.119. The number of hydrogen-bond acceptors (Lipinski definition) is 7. The second-order valence-corrected chi connectivity index (χ2v) is 9.29. The van der Waals surface area contributed by atoms with Gasteiger partial charge in [-0.15, -0.1) is 21.5 Å². The van der Waals surface area contributed by atoms with Crippen molar-refractivity contribution in [2.24, 2.45) is 0 Å². The molecule has 34 heavy (non-hydrogen) atoms. The molecule has 0 saturated heterocycles. The van der Waals surface area contributed by atoms with Gasteiger partial charge in [-0.1, -0.05) is 35.5 Å². The molecule has 0 saturated carbocycles. The molecule has 0 radical (unpaired) electrons. The van der Waals surface area contributed by atoms with Crippen LogP contribution in [0.2, 0.25) is 5.02 Å². The van der Waals surface area contributed by atoms with Gasteiger partial charge in [0.2, 0.25) is 5.91 Å². The van der Waals surface area contributed by atoms with Gasteiger partial charge in [0, 0.05) is 21.5 Å². The van der Waals surface area contributed by atoms with Crippen molar-refractivity contribution in [2.75, 3.05) is 5.75 Å². The van der Waals surface area contributed by atoms with Gasteiger partial charge in [0.15, 0.2) is 10.8 Å². The van der Waals surface area contributed by atoms with Gasteiger partial charge in [-0.05, 0) is 42.0 Å². The molecular weight excluding hydrogens is 499 g/mol. The second kappa shape index (κ2) is 9.37. The first-order chi connectivity index (χ1) is 16.5. The molecule has 170 valence electrons. The molecule has 0 aliphatic carbocycles. The van der Waals surface area contributed by atoms with Crippen LogP contribution in [-0.4, -0.2) is 37.1 Å². The van der Waals surface area contributed by atoms with Crippen molar-refractivity contribution in [3.63, 3.8) is 0 Å². The predicted octanol–water partition coefficient (Wildman–Crippen LogP) is 4.35. The van der Waals surface area contributed by atoms with Crippen molar-refractivity contribution in [1.82, 2.24) is 30.4 Å². The van der Waals surface area contributed by atoms with Crippen LogP contribution in [0.3, 0.4) is 0 Å². The van der Waals surface area contributed by atoms with E-state index in [-0.39, 0.29) is 11.6 Å². The Morgan fingerprint density at radius 3 is 2.59 bits per heavy atom. The average molecular weight is 513 g/mol. The predicted molar refractivity (Wildman–Crippen MR) is 129 cm³/mol. The highest BCUT2D eigenvalue weighted by atomic mass is 35.5. The van der Waals surface area contributed by atoms with Crippen LogP contribution < -0.4 is 10.9 Å². The number of nitrogens with one attached hydrogen (secondary N) is 2. The number of carbonyl (C=O) groups is 2. The lowest BCUT2D eigenvalue weighted by Crippen LogP contribution is -2.42. The van der Waals surface area contributed by atoms with E-state index in [4.69, 9.17) is 11.6 Å². The molecule has 0 bridgehead atoms. The number of halogens is 2. The molecule has 12 heteroatoms. The Morgan fingerprint density at radius 1 is 1.06 bits per heavy atom. The van der Waals surface area contributed by atoms with Crippen molar-refractivity contribution in [3.8, 4) is 11.1 Å². The normalized spacial score (nSPS) is 11.1. The number of fused-ring (bicyclic) bond motifs is 3. The van der Waals surface area contributed by atoms with Crippen LogP contribution in [0.5, 0.6) is 0 Å². The van der Waals surface area contributed by atoms with Gasteiger partial charge in [0.05, 0.1) is 11.1 Å². The summed E-state index contributed by atoms with van der Waals surface area (Å²) in [7, 11) is 0. The van der Waals surface area contributed by atoms with Crippen molar-refractivity contribution < 1.29 is 14.0 Å². The summed E-state index contributed by atoms with van der Waals surface area (Å²) in [6.07, 6.45) is 1.60. The first kappa shape index (κ1) is 22.3. The largest absolute Gasteiger partial charge is 0.272 e. The zero-order valence-electron chi connectivity index (χ0n) is 17.2. The topological polar surface area (TPSA) is 101 Å². The number of benzene rings is 2. The first-order valence-electron chi connectivity index (χ1n) is 9.84. The lowest BCUT2D eigenvalue weighted by atomic mass is 10.1. The molecule has 3 heterocycles. The molecule has 2 aromatic carbocycles. The number of nitrogens with zero attached hydrogens (tertiary/aromatic N) is 4. The summed E-state index contributed by atoms with van der Waals surface area (Å²) in [4.78, 5) is 29.6. The molecule has 0 atom stereocenters. The zero-order chi connectivity index (χ0) is 23.7. The van der Waals surface area contributed by atoms with Gasteiger partial charge in [-0.25, -0.2) is 9.37 Å². The summed E-state index contributed by atoms with van der Waals surface area (Å²) in [6.45, 7) is 0. The number of rotatable bonds is 5. The molecule has 0 fully saturated rings. The molecule has 0 unspecified atom stereocenters. The highest BCUT2D eigenvalue weighted by Crippen LogP contribution is 2.35. The first-order valence-corrected chi connectivity index (χ1v) is 12.1. The standard InChI is InChI=1S/C22H14ClFN6O2S2/c23-14-5-1-13(2-6-14)20(32)28-26-17(31)10-34-22-29-27-19-18-16(12-3-7-15(24)8-4-12)9-33-21(18)25-11-30(19)22/h1-9,11H,10H2,(H,26,31)(H,28,32). The van der Waals surface area contributed by atoms with Crippen LogP contribution in [0.4, 0.5) is 4.39 Å². The van der Waals surface area contributed by atoms with Gasteiger partial charge in [-0.3, -0.25) is 24.8 Å². The van der Waals surface area contributed by atoms with Crippen molar-refractivity contribution in [2.45, 2.75) is 5.16 Å². The molecule has 3 aromatic heterocycles. The highest BCUT2D eigenvalue weighted by molar-refractivity contribution is 7.99. The molecule has 2 amide bonds. The van der Waals surface area contributed by atoms with Crippen LogP contribution in [0, 0.1) is 5.82 Å². The highest BCUT2D eigenvalue weighted by Gasteiger charge is 2.17. The Labute approximate surface area is 205 Å². The number of carbonyl (C=O) groups excluding carboxylic acids is 2. The van der Waals surface area contributed by atoms with E-state index in [1.807, 2.05) is 5.38 Å². The summed E-state index contributed by atoms with van der Waals surface area (Å²) < 4.78 is 15.0. The third-order valence-electron chi connectivity index (χ3n) is 4.86. The minimum absolute atomic E-state index is 0.00577. The summed E-state index contributed by atoms with van der Waals surface area (Å²) >= 11 is 8.42. The third kappa shape index (κ3) is 4.45. The summed E-state index contributed by atoms with van der Waals surface area (Å²) in [5.74, 6) is -1.19. The Balaban J connectivity index is 1.30. The molecular formula is C22H14ClFN6O2S2. The maximum absolute atomic E-state index is 13.3. The van der Waals surface area contributed by atoms with Crippen molar-refractivity contribution in [3.05, 3.63) is 76.6 Å². The zero-order valence-corrected chi connectivity index (χ0v) is 19.5. The number of thioether (sulfide) groups is 1. The van der Waals surface area contributed by atoms with Crippen LogP contribution in [0.1, 0.15) is 10.4 Å². The van der Waals surface area contributed by atoms with E-state index in [0.29, 0.717) is 21.4 Å². The van der Waals surface area contributed by atoms with Crippen LogP contribution >= 0.6 is 34.7 Å². The van der Waals surface area contributed by atoms with Gasteiger partial charge in [-0.2, -0.15) is 0 Å². The lowest BCUT2D eigenvalue weighted by Gasteiger charge is -2.07. The maximum Gasteiger partial charge on any atom is 0.269 e. The van der Waals surface area contributed by atoms with E-state index < -0.39 is 11.8 Å². The van der Waals surface area contributed by atoms with Gasteiger partial charge >= 0.3 is 0 Å². The smallest absolute Gasteiger partial charge is 0.269 e. The fourth-order valence-corrected chi connectivity index (χ4v) is 4.97. The Bertz CT molecular complexity index is 1520. The average Bonchev–Trinajstić information content (AvgIpc) is 3.46.